The molecule has 1 fully saturated rings. The molecule has 0 aromatic rings. The Balaban J connectivity index is 2.06. The molecule has 2 aliphatic rings. The first-order valence-corrected chi connectivity index (χ1v) is 11.0. The average Bonchev–Trinajstić information content (AvgIpc) is 2.67. The Labute approximate surface area is 164 Å². The van der Waals surface area contributed by atoms with Crippen molar-refractivity contribution >= 4 is 0 Å². The van der Waals surface area contributed by atoms with Gasteiger partial charge in [0, 0.05) is 0 Å². The van der Waals surface area contributed by atoms with Crippen molar-refractivity contribution in [3.8, 4) is 0 Å². The maximum absolute atomic E-state index is 15.1. The maximum Gasteiger partial charge on any atom is 0.311 e. The second kappa shape index (κ2) is 9.98. The van der Waals surface area contributed by atoms with Crippen molar-refractivity contribution in [2.75, 3.05) is 0 Å². The van der Waals surface area contributed by atoms with Gasteiger partial charge in [-0.3, -0.25) is 0 Å². The van der Waals surface area contributed by atoms with Crippen LogP contribution in [0.15, 0.2) is 36.7 Å². The Bertz CT molecular complexity index is 526. The molecular formula is C24H37F3. The van der Waals surface area contributed by atoms with Crippen LogP contribution in [0.4, 0.5) is 13.2 Å². The van der Waals surface area contributed by atoms with E-state index in [9.17, 15) is 4.39 Å². The van der Waals surface area contributed by atoms with Crippen LogP contribution >= 0.6 is 0 Å². The van der Waals surface area contributed by atoms with Crippen LogP contribution in [0, 0.1) is 10.8 Å². The number of rotatable bonds is 11. The van der Waals surface area contributed by atoms with Gasteiger partial charge in [-0.05, 0) is 30.8 Å². The smallest absolute Gasteiger partial charge is 0.205 e. The molecule has 1 atom stereocenters. The number of unbranched alkanes of at least 4 members (excludes halogenated alkanes) is 7. The van der Waals surface area contributed by atoms with E-state index in [0.717, 1.165) is 57.4 Å². The molecule has 0 heterocycles. The molecule has 0 radical (unpaired) electrons. The van der Waals surface area contributed by atoms with Gasteiger partial charge in [-0.1, -0.05) is 95.8 Å². The molecular weight excluding hydrogens is 345 g/mol. The van der Waals surface area contributed by atoms with Crippen molar-refractivity contribution in [2.45, 2.75) is 103 Å². The van der Waals surface area contributed by atoms with Crippen molar-refractivity contribution in [3.63, 3.8) is 0 Å². The lowest BCUT2D eigenvalue weighted by Gasteiger charge is -2.54. The summed E-state index contributed by atoms with van der Waals surface area (Å²) in [5.41, 5.74) is -2.18. The highest BCUT2D eigenvalue weighted by Gasteiger charge is 2.64. The van der Waals surface area contributed by atoms with E-state index in [1.54, 1.807) is 6.08 Å². The number of hydrogen-bond acceptors (Lipinski definition) is 0. The van der Waals surface area contributed by atoms with E-state index < -0.39 is 22.6 Å². The third-order valence-electron chi connectivity index (χ3n) is 6.94. The summed E-state index contributed by atoms with van der Waals surface area (Å²) >= 11 is 0. The number of allylic oxidation sites excluding steroid dienone is 5. The molecule has 0 saturated heterocycles. The average molecular weight is 383 g/mol. The van der Waals surface area contributed by atoms with E-state index >= 15 is 8.78 Å². The predicted molar refractivity (Wildman–Crippen MR) is 109 cm³/mol. The van der Waals surface area contributed by atoms with Gasteiger partial charge in [0.1, 0.15) is 0 Å². The van der Waals surface area contributed by atoms with E-state index in [0.29, 0.717) is 0 Å². The quantitative estimate of drug-likeness (QED) is 0.247. The minimum Gasteiger partial charge on any atom is -0.205 e. The molecule has 0 N–H and O–H groups in total. The van der Waals surface area contributed by atoms with Gasteiger partial charge >= 0.3 is 5.92 Å². The fourth-order valence-electron chi connectivity index (χ4n) is 5.31. The van der Waals surface area contributed by atoms with Gasteiger partial charge in [0.2, 0.25) is 0 Å². The van der Waals surface area contributed by atoms with Crippen LogP contribution in [0.2, 0.25) is 0 Å². The van der Waals surface area contributed by atoms with Crippen LogP contribution in [0.1, 0.15) is 96.8 Å². The van der Waals surface area contributed by atoms with Crippen LogP contribution in [-0.2, 0) is 0 Å². The summed E-state index contributed by atoms with van der Waals surface area (Å²) in [6.45, 7) is 5.98. The van der Waals surface area contributed by atoms with Gasteiger partial charge in [-0.2, -0.15) is 8.78 Å². The third-order valence-corrected chi connectivity index (χ3v) is 6.94. The minimum atomic E-state index is -3.50. The largest absolute Gasteiger partial charge is 0.311 e. The first-order chi connectivity index (χ1) is 13.0. The van der Waals surface area contributed by atoms with Gasteiger partial charge in [0.05, 0.1) is 5.41 Å². The molecule has 3 heteroatoms. The Hall–Kier alpha value is -0.990. The molecule has 2 rings (SSSR count). The monoisotopic (exact) mass is 382 g/mol. The second-order valence-corrected chi connectivity index (χ2v) is 8.59. The molecule has 0 amide bonds. The predicted octanol–water partition coefficient (Wildman–Crippen LogP) is 8.70. The molecule has 0 spiro atoms. The lowest BCUT2D eigenvalue weighted by molar-refractivity contribution is -0.134. The molecule has 0 bridgehead atoms. The zero-order chi connectivity index (χ0) is 19.8. The van der Waals surface area contributed by atoms with Gasteiger partial charge in [0.15, 0.2) is 5.83 Å². The molecule has 0 aromatic carbocycles. The summed E-state index contributed by atoms with van der Waals surface area (Å²) in [4.78, 5) is 0. The second-order valence-electron chi connectivity index (χ2n) is 8.59. The van der Waals surface area contributed by atoms with E-state index in [2.05, 4.69) is 13.5 Å². The summed E-state index contributed by atoms with van der Waals surface area (Å²) < 4.78 is 44.4. The first kappa shape index (κ1) is 22.3. The molecule has 1 unspecified atom stereocenters. The summed E-state index contributed by atoms with van der Waals surface area (Å²) in [6, 6.07) is 0. The first-order valence-electron chi connectivity index (χ1n) is 11.0. The van der Waals surface area contributed by atoms with Crippen molar-refractivity contribution in [3.05, 3.63) is 36.7 Å². The van der Waals surface area contributed by atoms with E-state index in [-0.39, 0.29) is 0 Å². The fourth-order valence-corrected chi connectivity index (χ4v) is 5.31. The lowest BCUT2D eigenvalue weighted by atomic mass is 9.51. The van der Waals surface area contributed by atoms with Gasteiger partial charge in [0.25, 0.3) is 0 Å². The fraction of sp³-hybridized carbons (Fsp3) is 0.750. The SMILES string of the molecule is C=CC1(C2(CCCCCCCCCC)CCCCC2)C=CC=C(F)C1(F)F. The normalized spacial score (nSPS) is 26.6. The van der Waals surface area contributed by atoms with Gasteiger partial charge in [-0.15, -0.1) is 6.58 Å². The Morgan fingerprint density at radius 3 is 2.15 bits per heavy atom. The van der Waals surface area contributed by atoms with E-state index in [4.69, 9.17) is 0 Å². The molecule has 0 aromatic heterocycles. The summed E-state index contributed by atoms with van der Waals surface area (Å²) in [5, 5.41) is 0. The number of alkyl halides is 2. The van der Waals surface area contributed by atoms with Gasteiger partial charge in [-0.25, -0.2) is 4.39 Å². The highest BCUT2D eigenvalue weighted by Crippen LogP contribution is 2.63. The molecule has 0 nitrogen and oxygen atoms in total. The van der Waals surface area contributed by atoms with Crippen LogP contribution in [0.3, 0.4) is 0 Å². The standard InChI is InChI=1S/C24H37F3/c1-3-5-6-7-8-9-10-12-17-22(18-13-11-14-19-22)23(4-2)20-15-16-21(25)24(23,26)27/h4,15-16,20H,2-3,5-14,17-19H2,1H3. The number of halogens is 3. The van der Waals surface area contributed by atoms with Gasteiger partial charge < -0.3 is 0 Å². The van der Waals surface area contributed by atoms with Crippen molar-refractivity contribution in [2.24, 2.45) is 10.8 Å². The zero-order valence-corrected chi connectivity index (χ0v) is 17.0. The number of hydrogen-bond donors (Lipinski definition) is 0. The van der Waals surface area contributed by atoms with Crippen molar-refractivity contribution in [1.29, 1.82) is 0 Å². The zero-order valence-electron chi connectivity index (χ0n) is 17.0. The summed E-state index contributed by atoms with van der Waals surface area (Å²) in [7, 11) is 0. The van der Waals surface area contributed by atoms with Crippen LogP contribution < -0.4 is 0 Å². The van der Waals surface area contributed by atoms with E-state index in [1.807, 2.05) is 0 Å². The molecule has 1 saturated carbocycles. The van der Waals surface area contributed by atoms with Crippen LogP contribution in [-0.4, -0.2) is 5.92 Å². The Morgan fingerprint density at radius 1 is 0.963 bits per heavy atom. The summed E-state index contributed by atoms with van der Waals surface area (Å²) in [5.74, 6) is -4.81. The lowest BCUT2D eigenvalue weighted by Crippen LogP contribution is -2.53. The van der Waals surface area contributed by atoms with E-state index in [1.165, 1.54) is 50.7 Å². The molecule has 154 valence electrons. The molecule has 27 heavy (non-hydrogen) atoms. The third kappa shape index (κ3) is 4.54. The summed E-state index contributed by atoms with van der Waals surface area (Å²) in [6.07, 6.45) is 20.0. The topological polar surface area (TPSA) is 0 Å². The Kier molecular flexibility index (Phi) is 8.24. The Morgan fingerprint density at radius 2 is 1.56 bits per heavy atom. The van der Waals surface area contributed by atoms with Crippen molar-refractivity contribution in [1.82, 2.24) is 0 Å². The van der Waals surface area contributed by atoms with Crippen LogP contribution in [0.5, 0.6) is 0 Å². The van der Waals surface area contributed by atoms with Crippen LogP contribution in [0.25, 0.3) is 0 Å². The molecule has 2 aliphatic carbocycles. The highest BCUT2D eigenvalue weighted by atomic mass is 19.3. The van der Waals surface area contributed by atoms with Crippen molar-refractivity contribution < 1.29 is 13.2 Å². The molecule has 0 aliphatic heterocycles. The maximum atomic E-state index is 15.1. The highest BCUT2D eigenvalue weighted by molar-refractivity contribution is 5.36. The minimum absolute atomic E-state index is 0.583.